The summed E-state index contributed by atoms with van der Waals surface area (Å²) in [6.07, 6.45) is 0. The van der Waals surface area contributed by atoms with Crippen LogP contribution in [0.1, 0.15) is 20.8 Å². The van der Waals surface area contributed by atoms with Gasteiger partial charge in [-0.1, -0.05) is 20.8 Å². The van der Waals surface area contributed by atoms with Crippen LogP contribution in [0.2, 0.25) is 0 Å². The Hall–Kier alpha value is -2.44. The summed E-state index contributed by atoms with van der Waals surface area (Å²) in [6, 6.07) is 6.25. The number of halogens is 1. The standard InChI is InChI=1S/C18H24FN3O3/c1-18(2,3)16(24)17(25)20-12-15(23)22-10-8-21(9-11-22)14-6-4-13(19)5-7-14/h4-7H,8-12H2,1-3H3,(H,20,25). The van der Waals surface area contributed by atoms with Crippen LogP contribution in [0.25, 0.3) is 0 Å². The molecule has 1 heterocycles. The smallest absolute Gasteiger partial charge is 0.288 e. The van der Waals surface area contributed by atoms with Gasteiger partial charge in [0.15, 0.2) is 0 Å². The lowest BCUT2D eigenvalue weighted by atomic mass is 9.90. The molecule has 6 nitrogen and oxygen atoms in total. The number of ketones is 1. The Bertz CT molecular complexity index is 645. The first-order chi connectivity index (χ1) is 11.7. The van der Waals surface area contributed by atoms with Crippen LogP contribution in [-0.2, 0) is 14.4 Å². The number of Topliss-reactive ketones (excluding diaryl/α,β-unsaturated/α-hetero) is 1. The molecule has 136 valence electrons. The molecule has 1 fully saturated rings. The zero-order valence-corrected chi connectivity index (χ0v) is 14.8. The molecule has 0 aromatic heterocycles. The second-order valence-electron chi connectivity index (χ2n) is 7.11. The molecule has 0 atom stereocenters. The van der Waals surface area contributed by atoms with Crippen molar-refractivity contribution in [3.05, 3.63) is 30.1 Å². The van der Waals surface area contributed by atoms with Crippen molar-refractivity contribution in [2.75, 3.05) is 37.6 Å². The van der Waals surface area contributed by atoms with Crippen molar-refractivity contribution in [1.82, 2.24) is 10.2 Å². The Morgan fingerprint density at radius 3 is 2.12 bits per heavy atom. The molecule has 1 aliphatic rings. The normalized spacial score (nSPS) is 15.0. The summed E-state index contributed by atoms with van der Waals surface area (Å²) in [7, 11) is 0. The first kappa shape index (κ1) is 18.9. The zero-order chi connectivity index (χ0) is 18.6. The fraction of sp³-hybridized carbons (Fsp3) is 0.500. The summed E-state index contributed by atoms with van der Waals surface area (Å²) in [5.41, 5.74) is 0.144. The van der Waals surface area contributed by atoms with Crippen LogP contribution in [0.5, 0.6) is 0 Å². The number of benzene rings is 1. The average Bonchev–Trinajstić information content (AvgIpc) is 2.58. The summed E-state index contributed by atoms with van der Waals surface area (Å²) in [5, 5.41) is 2.40. The molecule has 0 radical (unpaired) electrons. The van der Waals surface area contributed by atoms with Crippen molar-refractivity contribution in [2.45, 2.75) is 20.8 Å². The number of carbonyl (C=O) groups excluding carboxylic acids is 3. The maximum atomic E-state index is 13.0. The summed E-state index contributed by atoms with van der Waals surface area (Å²) in [5.74, 6) is -1.76. The summed E-state index contributed by atoms with van der Waals surface area (Å²) in [4.78, 5) is 39.5. The van der Waals surface area contributed by atoms with Gasteiger partial charge in [-0.05, 0) is 24.3 Å². The molecule has 1 N–H and O–H groups in total. The van der Waals surface area contributed by atoms with Crippen LogP contribution in [0.4, 0.5) is 10.1 Å². The van der Waals surface area contributed by atoms with Gasteiger partial charge in [-0.3, -0.25) is 14.4 Å². The molecule has 0 aliphatic carbocycles. The van der Waals surface area contributed by atoms with Gasteiger partial charge in [-0.25, -0.2) is 4.39 Å². The van der Waals surface area contributed by atoms with Gasteiger partial charge in [0.25, 0.3) is 5.91 Å². The Balaban J connectivity index is 1.80. The minimum Gasteiger partial charge on any atom is -0.368 e. The SMILES string of the molecule is CC(C)(C)C(=O)C(=O)NCC(=O)N1CCN(c2ccc(F)cc2)CC1. The fourth-order valence-electron chi connectivity index (χ4n) is 2.55. The third-order valence-electron chi connectivity index (χ3n) is 4.11. The molecule has 0 spiro atoms. The first-order valence-corrected chi connectivity index (χ1v) is 8.29. The molecule has 1 aromatic rings. The Labute approximate surface area is 147 Å². The van der Waals surface area contributed by atoms with Crippen molar-refractivity contribution < 1.29 is 18.8 Å². The number of anilines is 1. The van der Waals surface area contributed by atoms with Gasteiger partial charge in [0.2, 0.25) is 11.7 Å². The lowest BCUT2D eigenvalue weighted by molar-refractivity contribution is -0.143. The van der Waals surface area contributed by atoms with E-state index in [4.69, 9.17) is 0 Å². The van der Waals surface area contributed by atoms with Crippen molar-refractivity contribution >= 4 is 23.3 Å². The maximum Gasteiger partial charge on any atom is 0.288 e. The molecular formula is C18H24FN3O3. The number of amides is 2. The predicted molar refractivity (Wildman–Crippen MR) is 92.7 cm³/mol. The number of piperazine rings is 1. The monoisotopic (exact) mass is 349 g/mol. The highest BCUT2D eigenvalue weighted by Gasteiger charge is 2.29. The maximum absolute atomic E-state index is 13.0. The highest BCUT2D eigenvalue weighted by atomic mass is 19.1. The molecule has 2 rings (SSSR count). The van der Waals surface area contributed by atoms with E-state index in [1.807, 2.05) is 0 Å². The van der Waals surface area contributed by atoms with Crippen LogP contribution >= 0.6 is 0 Å². The first-order valence-electron chi connectivity index (χ1n) is 8.29. The lowest BCUT2D eigenvalue weighted by Crippen LogP contribution is -2.52. The predicted octanol–water partition coefficient (Wildman–Crippen LogP) is 1.21. The van der Waals surface area contributed by atoms with Crippen molar-refractivity contribution in [3.63, 3.8) is 0 Å². The highest BCUT2D eigenvalue weighted by molar-refractivity contribution is 6.38. The van der Waals surface area contributed by atoms with Crippen LogP contribution in [0.3, 0.4) is 0 Å². The fourth-order valence-corrected chi connectivity index (χ4v) is 2.55. The second kappa shape index (κ2) is 7.63. The molecule has 25 heavy (non-hydrogen) atoms. The van der Waals surface area contributed by atoms with Gasteiger partial charge in [0, 0.05) is 37.3 Å². The molecule has 1 aliphatic heterocycles. The van der Waals surface area contributed by atoms with Crippen molar-refractivity contribution in [3.8, 4) is 0 Å². The van der Waals surface area contributed by atoms with Gasteiger partial charge in [0.1, 0.15) is 5.82 Å². The van der Waals surface area contributed by atoms with E-state index in [-0.39, 0.29) is 18.3 Å². The molecule has 7 heteroatoms. The van der Waals surface area contributed by atoms with Gasteiger partial charge >= 0.3 is 0 Å². The molecule has 1 saturated heterocycles. The van der Waals surface area contributed by atoms with E-state index in [0.29, 0.717) is 26.2 Å². The summed E-state index contributed by atoms with van der Waals surface area (Å²) in [6.45, 7) is 7.08. The third-order valence-corrected chi connectivity index (χ3v) is 4.11. The van der Waals surface area contributed by atoms with E-state index in [1.54, 1.807) is 37.8 Å². The van der Waals surface area contributed by atoms with E-state index in [9.17, 15) is 18.8 Å². The second-order valence-corrected chi connectivity index (χ2v) is 7.11. The molecule has 0 saturated carbocycles. The van der Waals surface area contributed by atoms with Gasteiger partial charge in [-0.15, -0.1) is 0 Å². The van der Waals surface area contributed by atoms with E-state index in [2.05, 4.69) is 10.2 Å². The van der Waals surface area contributed by atoms with Crippen LogP contribution in [-0.4, -0.2) is 55.2 Å². The Morgan fingerprint density at radius 2 is 1.60 bits per heavy atom. The van der Waals surface area contributed by atoms with E-state index in [0.717, 1.165) is 5.69 Å². The quantitative estimate of drug-likeness (QED) is 0.830. The number of nitrogens with zero attached hydrogens (tertiary/aromatic N) is 2. The molecule has 0 unspecified atom stereocenters. The number of hydrogen-bond donors (Lipinski definition) is 1. The van der Waals surface area contributed by atoms with Crippen LogP contribution in [0.15, 0.2) is 24.3 Å². The van der Waals surface area contributed by atoms with E-state index >= 15 is 0 Å². The molecule has 1 aromatic carbocycles. The summed E-state index contributed by atoms with van der Waals surface area (Å²) >= 11 is 0. The number of carbonyl (C=O) groups is 3. The van der Waals surface area contributed by atoms with Crippen molar-refractivity contribution in [2.24, 2.45) is 5.41 Å². The van der Waals surface area contributed by atoms with Gasteiger partial charge in [0.05, 0.1) is 6.54 Å². The van der Waals surface area contributed by atoms with Gasteiger partial charge in [-0.2, -0.15) is 0 Å². The molecule has 2 amide bonds. The van der Waals surface area contributed by atoms with Crippen molar-refractivity contribution in [1.29, 1.82) is 0 Å². The number of hydrogen-bond acceptors (Lipinski definition) is 4. The topological polar surface area (TPSA) is 69.7 Å². The number of rotatable bonds is 4. The third kappa shape index (κ3) is 5.01. The minimum atomic E-state index is -0.770. The zero-order valence-electron chi connectivity index (χ0n) is 14.8. The minimum absolute atomic E-state index is 0.183. The highest BCUT2D eigenvalue weighted by Crippen LogP contribution is 2.17. The summed E-state index contributed by atoms with van der Waals surface area (Å²) < 4.78 is 13.0. The number of nitrogens with one attached hydrogen (secondary N) is 1. The van der Waals surface area contributed by atoms with E-state index < -0.39 is 17.1 Å². The lowest BCUT2D eigenvalue weighted by Gasteiger charge is -2.36. The van der Waals surface area contributed by atoms with Gasteiger partial charge < -0.3 is 15.1 Å². The largest absolute Gasteiger partial charge is 0.368 e. The Morgan fingerprint density at radius 1 is 1.04 bits per heavy atom. The van der Waals surface area contributed by atoms with E-state index in [1.165, 1.54) is 12.1 Å². The molecular weight excluding hydrogens is 325 g/mol. The average molecular weight is 349 g/mol. The van der Waals surface area contributed by atoms with Crippen LogP contribution < -0.4 is 10.2 Å². The van der Waals surface area contributed by atoms with Crippen LogP contribution in [0, 0.1) is 11.2 Å². The Kier molecular flexibility index (Phi) is 5.77. The molecule has 0 bridgehead atoms.